The second kappa shape index (κ2) is 7.96. The van der Waals surface area contributed by atoms with E-state index in [2.05, 4.69) is 20.5 Å². The summed E-state index contributed by atoms with van der Waals surface area (Å²) in [6.45, 7) is 0. The third-order valence-electron chi connectivity index (χ3n) is 4.26. The zero-order valence-corrected chi connectivity index (χ0v) is 16.8. The molecular weight excluding hydrogens is 453 g/mol. The maximum absolute atomic E-state index is 13.6. The Labute approximate surface area is 182 Å². The molecule has 3 aromatic heterocycles. The van der Waals surface area contributed by atoms with E-state index < -0.39 is 23.5 Å². The molecule has 0 saturated heterocycles. The highest BCUT2D eigenvalue weighted by atomic mass is 35.5. The number of nitrogens with one attached hydrogen (secondary N) is 1. The van der Waals surface area contributed by atoms with Crippen molar-refractivity contribution in [1.29, 1.82) is 0 Å². The number of aromatic nitrogens is 5. The van der Waals surface area contributed by atoms with Crippen molar-refractivity contribution < 1.29 is 22.4 Å². The molecule has 0 saturated carbocycles. The van der Waals surface area contributed by atoms with Gasteiger partial charge in [-0.05, 0) is 24.3 Å². The van der Waals surface area contributed by atoms with Gasteiger partial charge < -0.3 is 9.73 Å². The summed E-state index contributed by atoms with van der Waals surface area (Å²) in [5, 5.41) is 10.3. The van der Waals surface area contributed by atoms with E-state index in [-0.39, 0.29) is 33.7 Å². The van der Waals surface area contributed by atoms with Gasteiger partial charge in [0.25, 0.3) is 11.8 Å². The van der Waals surface area contributed by atoms with Crippen molar-refractivity contribution in [3.8, 4) is 17.3 Å². The number of carbonyl (C=O) groups excluding carboxylic acids is 1. The van der Waals surface area contributed by atoms with Gasteiger partial charge in [0, 0.05) is 13.1 Å². The van der Waals surface area contributed by atoms with Gasteiger partial charge in [0.15, 0.2) is 5.69 Å². The largest absolute Gasteiger partial charge is 0.437 e. The molecule has 13 heteroatoms. The third kappa shape index (κ3) is 4.12. The molecule has 0 radical (unpaired) electrons. The maximum atomic E-state index is 13.6. The van der Waals surface area contributed by atoms with E-state index in [1.165, 1.54) is 25.2 Å². The number of benzene rings is 1. The lowest BCUT2D eigenvalue weighted by atomic mass is 10.2. The van der Waals surface area contributed by atoms with Gasteiger partial charge in [-0.1, -0.05) is 23.7 Å². The number of rotatable bonds is 4. The van der Waals surface area contributed by atoms with Gasteiger partial charge in [-0.3, -0.25) is 4.79 Å². The standard InChI is InChI=1S/C19H12ClF3N6O3/c1-28-18(31)32-17(27-28)13-8-14(19(21,22)23)29(26-13)10-6-7-15(24-9-10)25-16(30)11-4-2-3-5-12(11)20/h2-9H,1H3,(H,24,25,30). The molecule has 1 amide bonds. The number of halogens is 4. The lowest BCUT2D eigenvalue weighted by Crippen LogP contribution is -2.15. The summed E-state index contributed by atoms with van der Waals surface area (Å²) in [5.41, 5.74) is -1.24. The van der Waals surface area contributed by atoms with Crippen LogP contribution in [0.15, 0.2) is 57.9 Å². The molecule has 0 spiro atoms. The van der Waals surface area contributed by atoms with Crippen molar-refractivity contribution in [2.75, 3.05) is 5.32 Å². The van der Waals surface area contributed by atoms with E-state index in [9.17, 15) is 22.8 Å². The number of alkyl halides is 3. The van der Waals surface area contributed by atoms with E-state index in [0.29, 0.717) is 10.7 Å². The molecule has 0 atom stereocenters. The van der Waals surface area contributed by atoms with E-state index >= 15 is 0 Å². The second-order valence-electron chi connectivity index (χ2n) is 6.46. The first kappa shape index (κ1) is 21.3. The molecule has 32 heavy (non-hydrogen) atoms. The normalized spacial score (nSPS) is 11.5. The predicted molar refractivity (Wildman–Crippen MR) is 107 cm³/mol. The van der Waals surface area contributed by atoms with E-state index in [4.69, 9.17) is 16.0 Å². The molecule has 0 aliphatic rings. The van der Waals surface area contributed by atoms with Crippen molar-refractivity contribution >= 4 is 23.3 Å². The lowest BCUT2D eigenvalue weighted by molar-refractivity contribution is -0.142. The second-order valence-corrected chi connectivity index (χ2v) is 6.86. The minimum atomic E-state index is -4.77. The van der Waals surface area contributed by atoms with Crippen LogP contribution in [0.25, 0.3) is 17.3 Å². The average molecular weight is 465 g/mol. The molecule has 4 rings (SSSR count). The number of hydrogen-bond donors (Lipinski definition) is 1. The summed E-state index contributed by atoms with van der Waals surface area (Å²) < 4.78 is 46.9. The minimum Gasteiger partial charge on any atom is -0.386 e. The first-order chi connectivity index (χ1) is 15.1. The number of carbonyl (C=O) groups is 1. The molecular formula is C19H12ClF3N6O3. The van der Waals surface area contributed by atoms with Gasteiger partial charge in [-0.2, -0.15) is 23.0 Å². The molecule has 0 fully saturated rings. The van der Waals surface area contributed by atoms with E-state index in [0.717, 1.165) is 10.9 Å². The van der Waals surface area contributed by atoms with Crippen molar-refractivity contribution in [3.63, 3.8) is 0 Å². The van der Waals surface area contributed by atoms with Crippen LogP contribution in [-0.4, -0.2) is 30.5 Å². The molecule has 0 aliphatic carbocycles. The number of nitrogens with zero attached hydrogens (tertiary/aromatic N) is 5. The Bertz CT molecular complexity index is 1360. The maximum Gasteiger partial charge on any atom is 0.437 e. The van der Waals surface area contributed by atoms with Gasteiger partial charge in [-0.15, -0.1) is 5.10 Å². The van der Waals surface area contributed by atoms with Gasteiger partial charge in [0.2, 0.25) is 0 Å². The van der Waals surface area contributed by atoms with Crippen molar-refractivity contribution in [2.24, 2.45) is 7.05 Å². The first-order valence-electron chi connectivity index (χ1n) is 8.87. The number of hydrogen-bond acceptors (Lipinski definition) is 6. The zero-order chi connectivity index (χ0) is 23.0. The van der Waals surface area contributed by atoms with Gasteiger partial charge in [0.05, 0.1) is 22.5 Å². The Morgan fingerprint density at radius 1 is 1.16 bits per heavy atom. The third-order valence-corrected chi connectivity index (χ3v) is 4.59. The Morgan fingerprint density at radius 3 is 2.50 bits per heavy atom. The minimum absolute atomic E-state index is 0.0439. The van der Waals surface area contributed by atoms with Crippen LogP contribution in [0.4, 0.5) is 19.0 Å². The van der Waals surface area contributed by atoms with Crippen molar-refractivity contribution in [2.45, 2.75) is 6.18 Å². The van der Waals surface area contributed by atoms with Crippen LogP contribution in [0.5, 0.6) is 0 Å². The highest BCUT2D eigenvalue weighted by molar-refractivity contribution is 6.34. The summed E-state index contributed by atoms with van der Waals surface area (Å²) in [6, 6.07) is 9.67. The van der Waals surface area contributed by atoms with Crippen LogP contribution < -0.4 is 11.1 Å². The molecule has 1 aromatic carbocycles. The molecule has 1 N–H and O–H groups in total. The number of aryl methyl sites for hydroxylation is 1. The quantitative estimate of drug-likeness (QED) is 0.495. The Morgan fingerprint density at radius 2 is 1.91 bits per heavy atom. The van der Waals surface area contributed by atoms with Gasteiger partial charge in [0.1, 0.15) is 11.5 Å². The van der Waals surface area contributed by atoms with Crippen LogP contribution >= 0.6 is 11.6 Å². The first-order valence-corrected chi connectivity index (χ1v) is 9.25. The van der Waals surface area contributed by atoms with Crippen LogP contribution in [0.2, 0.25) is 5.02 Å². The smallest absolute Gasteiger partial charge is 0.386 e. The Kier molecular flexibility index (Phi) is 5.30. The van der Waals surface area contributed by atoms with E-state index in [1.807, 2.05) is 0 Å². The highest BCUT2D eigenvalue weighted by Crippen LogP contribution is 2.33. The molecule has 0 unspecified atom stereocenters. The highest BCUT2D eigenvalue weighted by Gasteiger charge is 2.37. The summed E-state index contributed by atoms with van der Waals surface area (Å²) >= 11 is 5.98. The fraction of sp³-hybridized carbons (Fsp3) is 0.105. The van der Waals surface area contributed by atoms with Crippen LogP contribution in [0.3, 0.4) is 0 Å². The molecule has 164 valence electrons. The predicted octanol–water partition coefficient (Wildman–Crippen LogP) is 3.55. The Balaban J connectivity index is 1.65. The SMILES string of the molecule is Cn1nc(-c2cc(C(F)(F)F)n(-c3ccc(NC(=O)c4ccccc4Cl)nc3)n2)oc1=O. The molecule has 0 bridgehead atoms. The number of amides is 1. The summed E-state index contributed by atoms with van der Waals surface area (Å²) in [6.07, 6.45) is -3.67. The van der Waals surface area contributed by atoms with Crippen molar-refractivity contribution in [1.82, 2.24) is 24.5 Å². The monoisotopic (exact) mass is 464 g/mol. The van der Waals surface area contributed by atoms with Crippen LogP contribution in [-0.2, 0) is 13.2 Å². The van der Waals surface area contributed by atoms with Crippen molar-refractivity contribution in [3.05, 3.63) is 75.5 Å². The summed E-state index contributed by atoms with van der Waals surface area (Å²) in [4.78, 5) is 27.7. The molecule has 3 heterocycles. The van der Waals surface area contributed by atoms with Crippen LogP contribution in [0.1, 0.15) is 16.1 Å². The molecule has 0 aliphatic heterocycles. The van der Waals surface area contributed by atoms with Gasteiger partial charge in [-0.25, -0.2) is 14.5 Å². The number of pyridine rings is 1. The van der Waals surface area contributed by atoms with Gasteiger partial charge >= 0.3 is 11.9 Å². The average Bonchev–Trinajstić information content (AvgIpc) is 3.33. The number of anilines is 1. The summed E-state index contributed by atoms with van der Waals surface area (Å²) in [7, 11) is 1.29. The zero-order valence-electron chi connectivity index (χ0n) is 16.1. The Hall–Kier alpha value is -3.93. The topological polar surface area (TPSA) is 108 Å². The molecule has 4 aromatic rings. The van der Waals surface area contributed by atoms with E-state index in [1.54, 1.807) is 18.2 Å². The fourth-order valence-corrected chi connectivity index (χ4v) is 2.97. The molecule has 9 nitrogen and oxygen atoms in total. The van der Waals surface area contributed by atoms with Crippen LogP contribution in [0, 0.1) is 0 Å². The fourth-order valence-electron chi connectivity index (χ4n) is 2.75. The lowest BCUT2D eigenvalue weighted by Gasteiger charge is -2.11. The summed E-state index contributed by atoms with van der Waals surface area (Å²) in [5.74, 6) is -1.64.